The zero-order valence-corrected chi connectivity index (χ0v) is 19.2. The molecule has 0 aliphatic rings. The number of hydrogen-bond acceptors (Lipinski definition) is 3. The van der Waals surface area contributed by atoms with Gasteiger partial charge in [-0.05, 0) is 48.6 Å². The zero-order chi connectivity index (χ0) is 22.5. The van der Waals surface area contributed by atoms with Crippen LogP contribution in [0.1, 0.15) is 62.6 Å². The molecule has 4 heteroatoms. The Hall–Kier alpha value is -3.58. The molecule has 0 bridgehead atoms. The monoisotopic (exact) mass is 423 g/mol. The standard InChI is InChI=1S/C28H29N3O/c1-5-7-22(6-2)24-13-15-26(16-14-24)32-19-21-8-17-27-29-28(30-31(27)18-21)25-11-9-23(10-12-25)20(3)4/h8-18,20,22H,6,19H2,1-4H3/t22-/m1/s1. The first kappa shape index (κ1) is 21.6. The van der Waals surface area contributed by atoms with E-state index in [1.807, 2.05) is 41.9 Å². The second-order valence-corrected chi connectivity index (χ2v) is 8.27. The fourth-order valence-corrected chi connectivity index (χ4v) is 3.71. The maximum atomic E-state index is 6.00. The van der Waals surface area contributed by atoms with E-state index in [1.165, 1.54) is 11.1 Å². The lowest BCUT2D eigenvalue weighted by Gasteiger charge is -2.10. The summed E-state index contributed by atoms with van der Waals surface area (Å²) in [7, 11) is 0. The van der Waals surface area contributed by atoms with Gasteiger partial charge in [-0.3, -0.25) is 0 Å². The van der Waals surface area contributed by atoms with Crippen molar-refractivity contribution in [1.29, 1.82) is 0 Å². The van der Waals surface area contributed by atoms with E-state index in [0.29, 0.717) is 12.5 Å². The van der Waals surface area contributed by atoms with Crippen molar-refractivity contribution in [1.82, 2.24) is 14.6 Å². The minimum atomic E-state index is 0.277. The average molecular weight is 424 g/mol. The van der Waals surface area contributed by atoms with Crippen LogP contribution in [0.25, 0.3) is 17.0 Å². The van der Waals surface area contributed by atoms with Crippen molar-refractivity contribution < 1.29 is 4.74 Å². The Balaban J connectivity index is 1.45. The normalized spacial score (nSPS) is 11.9. The number of pyridine rings is 1. The first-order valence-electron chi connectivity index (χ1n) is 11.2. The first-order chi connectivity index (χ1) is 15.6. The molecule has 2 aromatic carbocycles. The summed E-state index contributed by atoms with van der Waals surface area (Å²) in [5, 5.41) is 4.67. The van der Waals surface area contributed by atoms with Crippen molar-refractivity contribution in [2.75, 3.05) is 0 Å². The Labute approximate surface area is 190 Å². The van der Waals surface area contributed by atoms with E-state index in [0.717, 1.165) is 34.8 Å². The van der Waals surface area contributed by atoms with Crippen LogP contribution in [-0.2, 0) is 6.61 Å². The molecule has 0 saturated heterocycles. The fraction of sp³-hybridized carbons (Fsp3) is 0.286. The van der Waals surface area contributed by atoms with Crippen LogP contribution in [0.4, 0.5) is 0 Å². The van der Waals surface area contributed by atoms with Crippen LogP contribution < -0.4 is 4.74 Å². The van der Waals surface area contributed by atoms with E-state index >= 15 is 0 Å². The molecule has 2 aromatic heterocycles. The highest BCUT2D eigenvalue weighted by atomic mass is 16.5. The summed E-state index contributed by atoms with van der Waals surface area (Å²) >= 11 is 0. The lowest BCUT2D eigenvalue weighted by Crippen LogP contribution is -1.99. The Morgan fingerprint density at radius 3 is 2.31 bits per heavy atom. The van der Waals surface area contributed by atoms with Crippen molar-refractivity contribution in [3.05, 3.63) is 83.6 Å². The third-order valence-corrected chi connectivity index (χ3v) is 5.64. The van der Waals surface area contributed by atoms with Gasteiger partial charge in [0.1, 0.15) is 12.4 Å². The Bertz CT molecular complexity index is 1240. The third-order valence-electron chi connectivity index (χ3n) is 5.64. The molecule has 0 saturated carbocycles. The molecule has 1 atom stereocenters. The zero-order valence-electron chi connectivity index (χ0n) is 19.2. The van der Waals surface area contributed by atoms with E-state index in [-0.39, 0.29) is 5.92 Å². The van der Waals surface area contributed by atoms with Crippen molar-refractivity contribution in [3.63, 3.8) is 0 Å². The number of hydrogen-bond donors (Lipinski definition) is 0. The molecule has 0 radical (unpaired) electrons. The second kappa shape index (κ2) is 9.70. The number of fused-ring (bicyclic) bond motifs is 1. The van der Waals surface area contributed by atoms with Gasteiger partial charge in [0.2, 0.25) is 0 Å². The number of rotatable bonds is 7. The predicted octanol–water partition coefficient (Wildman–Crippen LogP) is 6.62. The summed E-state index contributed by atoms with van der Waals surface area (Å²) < 4.78 is 7.82. The Kier molecular flexibility index (Phi) is 6.56. The summed E-state index contributed by atoms with van der Waals surface area (Å²) in [6.07, 6.45) is 2.98. The molecule has 0 aliphatic carbocycles. The number of benzene rings is 2. The third kappa shape index (κ3) is 4.84. The molecule has 2 heterocycles. The highest BCUT2D eigenvalue weighted by Gasteiger charge is 2.09. The molecule has 4 aromatic rings. The van der Waals surface area contributed by atoms with Crippen LogP contribution >= 0.6 is 0 Å². The molecule has 4 nitrogen and oxygen atoms in total. The van der Waals surface area contributed by atoms with Crippen LogP contribution in [0, 0.1) is 11.8 Å². The molecule has 0 aliphatic heterocycles. The van der Waals surface area contributed by atoms with E-state index in [4.69, 9.17) is 4.74 Å². The summed E-state index contributed by atoms with van der Waals surface area (Å²) in [5.74, 6) is 8.64. The van der Waals surface area contributed by atoms with Gasteiger partial charge in [0.25, 0.3) is 0 Å². The highest BCUT2D eigenvalue weighted by molar-refractivity contribution is 5.58. The topological polar surface area (TPSA) is 39.4 Å². The Morgan fingerprint density at radius 1 is 0.938 bits per heavy atom. The molecular formula is C28H29N3O. The van der Waals surface area contributed by atoms with Crippen molar-refractivity contribution in [2.45, 2.75) is 52.6 Å². The lowest BCUT2D eigenvalue weighted by atomic mass is 9.97. The molecule has 162 valence electrons. The molecule has 0 spiro atoms. The average Bonchev–Trinajstić information content (AvgIpc) is 3.25. The summed E-state index contributed by atoms with van der Waals surface area (Å²) in [4.78, 5) is 4.67. The Morgan fingerprint density at radius 2 is 1.66 bits per heavy atom. The van der Waals surface area contributed by atoms with Crippen LogP contribution in [0.5, 0.6) is 5.75 Å². The maximum absolute atomic E-state index is 6.00. The molecule has 32 heavy (non-hydrogen) atoms. The maximum Gasteiger partial charge on any atom is 0.182 e. The van der Waals surface area contributed by atoms with Gasteiger partial charge in [0.05, 0.1) is 0 Å². The number of aromatic nitrogens is 3. The van der Waals surface area contributed by atoms with E-state index in [9.17, 15) is 0 Å². The predicted molar refractivity (Wildman–Crippen MR) is 130 cm³/mol. The molecule has 0 amide bonds. The van der Waals surface area contributed by atoms with Crippen LogP contribution in [0.2, 0.25) is 0 Å². The van der Waals surface area contributed by atoms with E-state index in [2.05, 4.69) is 79.1 Å². The second-order valence-electron chi connectivity index (χ2n) is 8.27. The van der Waals surface area contributed by atoms with Crippen LogP contribution in [-0.4, -0.2) is 14.6 Å². The van der Waals surface area contributed by atoms with Gasteiger partial charge in [-0.15, -0.1) is 11.0 Å². The molecular weight excluding hydrogens is 394 g/mol. The summed E-state index contributed by atoms with van der Waals surface area (Å²) in [6, 6.07) is 20.7. The van der Waals surface area contributed by atoms with Gasteiger partial charge in [0, 0.05) is 23.2 Å². The van der Waals surface area contributed by atoms with Crippen LogP contribution in [0.15, 0.2) is 66.9 Å². The SMILES string of the molecule is CC#C[C@@H](CC)c1ccc(OCc2ccc3nc(-c4ccc(C(C)C)cc4)nn3c2)cc1. The quantitative estimate of drug-likeness (QED) is 0.314. The summed E-state index contributed by atoms with van der Waals surface area (Å²) in [5.41, 5.74) is 5.43. The fourth-order valence-electron chi connectivity index (χ4n) is 3.71. The molecule has 0 N–H and O–H groups in total. The van der Waals surface area contributed by atoms with E-state index < -0.39 is 0 Å². The van der Waals surface area contributed by atoms with Gasteiger partial charge in [0.15, 0.2) is 11.5 Å². The molecule has 0 fully saturated rings. The van der Waals surface area contributed by atoms with Crippen molar-refractivity contribution >= 4 is 5.65 Å². The molecule has 0 unspecified atom stereocenters. The smallest absolute Gasteiger partial charge is 0.182 e. The lowest BCUT2D eigenvalue weighted by molar-refractivity contribution is 0.305. The van der Waals surface area contributed by atoms with Gasteiger partial charge in [-0.2, -0.15) is 0 Å². The largest absolute Gasteiger partial charge is 0.489 e. The highest BCUT2D eigenvalue weighted by Crippen LogP contribution is 2.23. The van der Waals surface area contributed by atoms with Gasteiger partial charge in [-0.25, -0.2) is 9.50 Å². The summed E-state index contributed by atoms with van der Waals surface area (Å²) in [6.45, 7) is 8.90. The molecule has 4 rings (SSSR count). The first-order valence-corrected chi connectivity index (χ1v) is 11.2. The van der Waals surface area contributed by atoms with Gasteiger partial charge < -0.3 is 4.74 Å². The van der Waals surface area contributed by atoms with Crippen molar-refractivity contribution in [2.24, 2.45) is 0 Å². The minimum Gasteiger partial charge on any atom is -0.489 e. The number of ether oxygens (including phenoxy) is 1. The van der Waals surface area contributed by atoms with Crippen LogP contribution in [0.3, 0.4) is 0 Å². The van der Waals surface area contributed by atoms with Gasteiger partial charge >= 0.3 is 0 Å². The number of nitrogens with zero attached hydrogens (tertiary/aromatic N) is 3. The van der Waals surface area contributed by atoms with E-state index in [1.54, 1.807) is 0 Å². The van der Waals surface area contributed by atoms with Gasteiger partial charge in [-0.1, -0.05) is 69.2 Å². The minimum absolute atomic E-state index is 0.277. The van der Waals surface area contributed by atoms with Crippen molar-refractivity contribution in [3.8, 4) is 29.0 Å².